The van der Waals surface area contributed by atoms with Crippen LogP contribution in [0, 0.1) is 6.92 Å². The van der Waals surface area contributed by atoms with Crippen LogP contribution >= 0.6 is 23.2 Å². The van der Waals surface area contributed by atoms with Crippen LogP contribution in [-0.2, 0) is 0 Å². The van der Waals surface area contributed by atoms with Crippen LogP contribution in [0.3, 0.4) is 0 Å². The van der Waals surface area contributed by atoms with Crippen molar-refractivity contribution >= 4 is 112 Å². The summed E-state index contributed by atoms with van der Waals surface area (Å²) in [6.07, 6.45) is 8.00. The van der Waals surface area contributed by atoms with Gasteiger partial charge in [0.2, 0.25) is 0 Å². The molecule has 0 rings (SSSR count). The van der Waals surface area contributed by atoms with E-state index in [-0.39, 0.29) is 51.0 Å². The SMILES string of the molecule is C=CCC(C(CC=C)N([Si](C)(C)C)[Si](C)(C)C)N([Si](C)(C)C)[Si](C)(C)C.C=C[CH2-].C[Si](C)(C)N(C(Cl)C(Cl)N([Si](C)(C)C)[Si](C)(C)C)[Si](C)(C)C.[Br-].[Mg+2]. The van der Waals surface area contributed by atoms with Crippen molar-refractivity contribution in [1.29, 1.82) is 0 Å². The van der Waals surface area contributed by atoms with Gasteiger partial charge in [-0.05, 0) is 12.8 Å². The topological polar surface area (TPSA) is 13.0 Å². The normalized spacial score (nSPS) is 15.9. The molecule has 0 fully saturated rings. The fourth-order valence-electron chi connectivity index (χ4n) is 8.95. The van der Waals surface area contributed by atoms with E-state index in [4.69, 9.17) is 23.2 Å². The summed E-state index contributed by atoms with van der Waals surface area (Å²) in [4.78, 5) is 0. The third-order valence-electron chi connectivity index (χ3n) is 8.43. The molecule has 314 valence electrons. The minimum atomic E-state index is -1.53. The molecule has 16 heteroatoms. The molecule has 0 aromatic rings. The fourth-order valence-corrected chi connectivity index (χ4v) is 53.9. The summed E-state index contributed by atoms with van der Waals surface area (Å²) in [5.74, 6) is 0. The Morgan fingerprint density at radius 1 is 0.415 bits per heavy atom. The average molecular weight is 992 g/mol. The Balaban J connectivity index is -0.000000263. The van der Waals surface area contributed by atoms with Gasteiger partial charge in [0.25, 0.3) is 0 Å². The van der Waals surface area contributed by atoms with Crippen LogP contribution < -0.4 is 17.0 Å². The minimum Gasteiger partial charge on any atom is -1.00 e. The zero-order valence-corrected chi connectivity index (χ0v) is 52.4. The Labute approximate surface area is 380 Å². The van der Waals surface area contributed by atoms with Gasteiger partial charge in [-0.25, -0.2) is 19.6 Å². The van der Waals surface area contributed by atoms with Crippen molar-refractivity contribution in [2.45, 2.75) is 193 Å². The van der Waals surface area contributed by atoms with Crippen LogP contribution in [0.15, 0.2) is 38.0 Å². The maximum absolute atomic E-state index is 7.04. The molecule has 0 heterocycles. The van der Waals surface area contributed by atoms with E-state index < -0.39 is 65.9 Å². The third kappa shape index (κ3) is 23.2. The molecule has 0 aliphatic carbocycles. The van der Waals surface area contributed by atoms with Gasteiger partial charge in [-0.1, -0.05) is 169 Å². The van der Waals surface area contributed by atoms with Gasteiger partial charge in [0.15, 0.2) is 0 Å². The molecule has 0 amide bonds. The summed E-state index contributed by atoms with van der Waals surface area (Å²) in [5.41, 5.74) is -0.197. The summed E-state index contributed by atoms with van der Waals surface area (Å²) in [6.45, 7) is 73.8. The maximum atomic E-state index is 7.04. The predicted octanol–water partition coefficient (Wildman–Crippen LogP) is 10.5. The molecule has 0 N–H and O–H groups in total. The van der Waals surface area contributed by atoms with Crippen molar-refractivity contribution in [3.8, 4) is 0 Å². The summed E-state index contributed by atoms with van der Waals surface area (Å²) < 4.78 is 11.3. The first-order valence-electron chi connectivity index (χ1n) is 19.2. The standard InChI is InChI=1S/C20H48N2Si4.C14H38Cl2N2Si4.C3H5.BrH.Mg/c1-15-17-19(21(23(3,4)5)24(6,7)8)20(18-16-2)22(25(9,10)11)26(12,13)14;1-19(2,3)17(20(4,5)6)13(15)14(16)18(21(7,8)9)22(10,11)12;1-3-2;;/h15-16,19-20H,1-2,17-18H2,3-14H3;13-14H,1-12H3;3H,1-2H2;1H;/q;;-1;;+2/p-1. The van der Waals surface area contributed by atoms with E-state index in [1.807, 2.05) is 0 Å². The first-order valence-corrected chi connectivity index (χ1v) is 47.6. The second kappa shape index (κ2) is 24.7. The second-order valence-electron chi connectivity index (χ2n) is 22.1. The van der Waals surface area contributed by atoms with Crippen molar-refractivity contribution in [3.05, 3.63) is 44.9 Å². The number of allylic oxidation sites excluding steroid dienone is 1. The molecule has 53 heavy (non-hydrogen) atoms. The molecule has 0 aromatic carbocycles. The van der Waals surface area contributed by atoms with Crippen LogP contribution in [0.4, 0.5) is 0 Å². The van der Waals surface area contributed by atoms with Gasteiger partial charge in [0, 0.05) is 12.1 Å². The quantitative estimate of drug-likeness (QED) is 0.0446. The number of alkyl halides is 2. The van der Waals surface area contributed by atoms with Crippen molar-refractivity contribution in [2.75, 3.05) is 0 Å². The molecular weight excluding hydrogens is 900 g/mol. The van der Waals surface area contributed by atoms with E-state index in [0.717, 1.165) is 12.8 Å². The first kappa shape index (κ1) is 64.6. The van der Waals surface area contributed by atoms with Crippen LogP contribution in [0.5, 0.6) is 0 Å². The Morgan fingerprint density at radius 3 is 0.642 bits per heavy atom. The van der Waals surface area contributed by atoms with Crippen molar-refractivity contribution < 1.29 is 17.0 Å². The van der Waals surface area contributed by atoms with Crippen LogP contribution in [0.25, 0.3) is 0 Å². The fraction of sp³-hybridized carbons (Fsp3) is 0.811. The van der Waals surface area contributed by atoms with Gasteiger partial charge >= 0.3 is 23.1 Å². The smallest absolute Gasteiger partial charge is 1.00 e. The zero-order chi connectivity index (χ0) is 42.2. The molecule has 0 saturated heterocycles. The van der Waals surface area contributed by atoms with Crippen molar-refractivity contribution in [3.63, 3.8) is 0 Å². The molecule has 4 nitrogen and oxygen atoms in total. The minimum absolute atomic E-state index is 0. The van der Waals surface area contributed by atoms with Crippen molar-refractivity contribution in [1.82, 2.24) is 16.9 Å². The van der Waals surface area contributed by atoms with E-state index >= 15 is 0 Å². The molecule has 0 radical (unpaired) electrons. The van der Waals surface area contributed by atoms with Crippen LogP contribution in [0.2, 0.25) is 157 Å². The summed E-state index contributed by atoms with van der Waals surface area (Å²) in [6, 6.07) is 1.12. The van der Waals surface area contributed by atoms with E-state index in [1.54, 1.807) is 0 Å². The molecule has 4 unspecified atom stereocenters. The van der Waals surface area contributed by atoms with Gasteiger partial charge in [-0.3, -0.25) is 0 Å². The molecule has 0 aliphatic heterocycles. The summed E-state index contributed by atoms with van der Waals surface area (Å²) in [7, 11) is -12.0. The second-order valence-corrected chi connectivity index (χ2v) is 63.3. The van der Waals surface area contributed by atoms with Crippen LogP contribution in [-0.4, -0.2) is 129 Å². The molecule has 0 aromatic heterocycles. The largest absolute Gasteiger partial charge is 2.00 e. The molecular formula is C37H91BrCl2MgN4Si8. The van der Waals surface area contributed by atoms with Crippen LogP contribution in [0.1, 0.15) is 12.8 Å². The number of nitrogens with zero attached hydrogens (tertiary/aromatic N) is 4. The Hall–Kier alpha value is 2.49. The van der Waals surface area contributed by atoms with E-state index in [2.05, 4.69) is 213 Å². The summed E-state index contributed by atoms with van der Waals surface area (Å²) >= 11 is 14.1. The molecule has 0 spiro atoms. The maximum Gasteiger partial charge on any atom is 2.00 e. The molecule has 0 bridgehead atoms. The molecule has 4 atom stereocenters. The average Bonchev–Trinajstić information content (AvgIpc) is 2.77. The predicted molar refractivity (Wildman–Crippen MR) is 272 cm³/mol. The number of hydrogen-bond donors (Lipinski definition) is 0. The molecule has 0 aliphatic rings. The number of halogens is 3. The van der Waals surface area contributed by atoms with Gasteiger partial charge in [-0.2, -0.15) is 0 Å². The monoisotopic (exact) mass is 988 g/mol. The first-order chi connectivity index (χ1) is 22.1. The van der Waals surface area contributed by atoms with Gasteiger partial charge in [0.05, 0.1) is 0 Å². The number of hydrogen-bond acceptors (Lipinski definition) is 4. The number of rotatable bonds is 18. The van der Waals surface area contributed by atoms with E-state index in [0.29, 0.717) is 12.1 Å². The zero-order valence-electron chi connectivity index (χ0n) is 39.9. The Bertz CT molecular complexity index is 917. The Morgan fingerprint density at radius 2 is 0.547 bits per heavy atom. The van der Waals surface area contributed by atoms with E-state index in [1.165, 1.54) is 6.08 Å². The Kier molecular flexibility index (Phi) is 30.1. The van der Waals surface area contributed by atoms with Gasteiger partial charge in [0.1, 0.15) is 76.9 Å². The van der Waals surface area contributed by atoms with Gasteiger partial charge < -0.3 is 33.9 Å². The molecule has 0 saturated carbocycles. The van der Waals surface area contributed by atoms with Crippen molar-refractivity contribution in [2.24, 2.45) is 0 Å². The van der Waals surface area contributed by atoms with E-state index in [9.17, 15) is 0 Å². The van der Waals surface area contributed by atoms with Gasteiger partial charge in [-0.15, -0.1) is 36.4 Å². The summed E-state index contributed by atoms with van der Waals surface area (Å²) in [5, 5.41) is 0. The third-order valence-corrected chi connectivity index (χ3v) is 40.2.